The maximum absolute atomic E-state index is 13.6. The van der Waals surface area contributed by atoms with Crippen molar-refractivity contribution in [3.8, 4) is 0 Å². The first kappa shape index (κ1) is 16.5. The van der Waals surface area contributed by atoms with E-state index in [2.05, 4.69) is 10.2 Å². The maximum atomic E-state index is 13.6. The second-order valence-corrected chi connectivity index (χ2v) is 5.64. The van der Waals surface area contributed by atoms with Gasteiger partial charge in [0.05, 0.1) is 13.2 Å². The second kappa shape index (κ2) is 7.51. The predicted molar refractivity (Wildman–Crippen MR) is 86.8 cm³/mol. The van der Waals surface area contributed by atoms with Crippen LogP contribution in [0.2, 0.25) is 0 Å². The number of benzene rings is 2. The van der Waals surface area contributed by atoms with Gasteiger partial charge in [0.25, 0.3) is 5.91 Å². The Bertz CT molecular complexity index is 693. The van der Waals surface area contributed by atoms with Crippen molar-refractivity contribution in [2.45, 2.75) is 6.54 Å². The van der Waals surface area contributed by atoms with Crippen molar-refractivity contribution in [2.75, 3.05) is 31.6 Å². The molecule has 0 radical (unpaired) electrons. The largest absolute Gasteiger partial charge is 0.379 e. The number of carbonyl (C=O) groups excluding carboxylic acids is 1. The summed E-state index contributed by atoms with van der Waals surface area (Å²) in [5, 5.41) is 2.28. The van der Waals surface area contributed by atoms with E-state index in [1.54, 1.807) is 12.1 Å². The number of nitrogens with zero attached hydrogens (tertiary/aromatic N) is 1. The van der Waals surface area contributed by atoms with E-state index in [-0.39, 0.29) is 0 Å². The van der Waals surface area contributed by atoms with Gasteiger partial charge >= 0.3 is 0 Å². The molecule has 0 aromatic heterocycles. The lowest BCUT2D eigenvalue weighted by Gasteiger charge is -2.26. The zero-order valence-corrected chi connectivity index (χ0v) is 13.1. The number of morpholine rings is 1. The van der Waals surface area contributed by atoms with Crippen LogP contribution in [0.15, 0.2) is 42.5 Å². The Labute approximate surface area is 139 Å². The second-order valence-electron chi connectivity index (χ2n) is 5.64. The summed E-state index contributed by atoms with van der Waals surface area (Å²) in [7, 11) is 0. The predicted octanol–water partition coefficient (Wildman–Crippen LogP) is 3.05. The third-order valence-electron chi connectivity index (χ3n) is 3.93. The topological polar surface area (TPSA) is 41.6 Å². The molecule has 3 rings (SSSR count). The van der Waals surface area contributed by atoms with E-state index < -0.39 is 23.2 Å². The van der Waals surface area contributed by atoms with Gasteiger partial charge in [-0.25, -0.2) is 8.78 Å². The Hall–Kier alpha value is -2.31. The number of halogens is 2. The Morgan fingerprint density at radius 3 is 2.29 bits per heavy atom. The lowest BCUT2D eigenvalue weighted by atomic mass is 10.1. The number of carbonyl (C=O) groups is 1. The summed E-state index contributed by atoms with van der Waals surface area (Å²) in [4.78, 5) is 14.4. The van der Waals surface area contributed by atoms with E-state index >= 15 is 0 Å². The first-order chi connectivity index (χ1) is 11.6. The number of para-hydroxylation sites is 1. The van der Waals surface area contributed by atoms with Crippen molar-refractivity contribution in [1.82, 2.24) is 4.90 Å². The van der Waals surface area contributed by atoms with Crippen LogP contribution < -0.4 is 5.32 Å². The quantitative estimate of drug-likeness (QED) is 0.936. The third kappa shape index (κ3) is 3.96. The van der Waals surface area contributed by atoms with Crippen LogP contribution >= 0.6 is 0 Å². The van der Waals surface area contributed by atoms with Crippen molar-refractivity contribution in [2.24, 2.45) is 0 Å². The van der Waals surface area contributed by atoms with Crippen LogP contribution in [0.4, 0.5) is 14.5 Å². The van der Waals surface area contributed by atoms with E-state index in [1.807, 2.05) is 12.1 Å². The lowest BCUT2D eigenvalue weighted by molar-refractivity contribution is 0.0342. The Morgan fingerprint density at radius 2 is 1.67 bits per heavy atom. The molecule has 0 spiro atoms. The number of rotatable bonds is 4. The van der Waals surface area contributed by atoms with Gasteiger partial charge in [-0.2, -0.15) is 0 Å². The molecule has 24 heavy (non-hydrogen) atoms. The zero-order valence-electron chi connectivity index (χ0n) is 13.1. The summed E-state index contributed by atoms with van der Waals surface area (Å²) in [6.07, 6.45) is 0. The highest BCUT2D eigenvalue weighted by atomic mass is 19.1. The van der Waals surface area contributed by atoms with Crippen LogP contribution in [-0.4, -0.2) is 37.1 Å². The Morgan fingerprint density at radius 1 is 1.04 bits per heavy atom. The van der Waals surface area contributed by atoms with E-state index in [1.165, 1.54) is 6.07 Å². The first-order valence-electron chi connectivity index (χ1n) is 7.78. The molecule has 1 N–H and O–H groups in total. The van der Waals surface area contributed by atoms with E-state index in [4.69, 9.17) is 4.74 Å². The summed E-state index contributed by atoms with van der Waals surface area (Å²) in [6.45, 7) is 4.01. The summed E-state index contributed by atoms with van der Waals surface area (Å²) in [6, 6.07) is 10.5. The number of ether oxygens (including phenoxy) is 1. The fourth-order valence-electron chi connectivity index (χ4n) is 2.58. The van der Waals surface area contributed by atoms with Gasteiger partial charge in [-0.1, -0.05) is 18.2 Å². The van der Waals surface area contributed by atoms with Gasteiger partial charge in [0, 0.05) is 25.2 Å². The van der Waals surface area contributed by atoms with Crippen molar-refractivity contribution in [3.05, 3.63) is 65.2 Å². The van der Waals surface area contributed by atoms with Crippen molar-refractivity contribution in [1.29, 1.82) is 0 Å². The molecule has 2 aromatic rings. The number of amides is 1. The fourth-order valence-corrected chi connectivity index (χ4v) is 2.58. The molecule has 6 heteroatoms. The monoisotopic (exact) mass is 332 g/mol. The molecule has 1 aliphatic rings. The minimum Gasteiger partial charge on any atom is -0.379 e. The van der Waals surface area contributed by atoms with Gasteiger partial charge in [0.1, 0.15) is 17.3 Å². The van der Waals surface area contributed by atoms with Gasteiger partial charge in [-0.3, -0.25) is 9.69 Å². The molecule has 1 aliphatic heterocycles. The summed E-state index contributed by atoms with van der Waals surface area (Å²) in [5.74, 6) is -2.14. The molecule has 126 valence electrons. The van der Waals surface area contributed by atoms with Gasteiger partial charge in [0.15, 0.2) is 0 Å². The molecule has 2 aromatic carbocycles. The molecule has 0 atom stereocenters. The fraction of sp³-hybridized carbons (Fsp3) is 0.278. The molecule has 0 unspecified atom stereocenters. The highest BCUT2D eigenvalue weighted by Crippen LogP contribution is 2.19. The zero-order chi connectivity index (χ0) is 16.9. The molecule has 0 saturated carbocycles. The molecule has 0 aliphatic carbocycles. The molecule has 0 bridgehead atoms. The van der Waals surface area contributed by atoms with Crippen LogP contribution in [0.5, 0.6) is 0 Å². The molecule has 1 heterocycles. The van der Waals surface area contributed by atoms with Crippen LogP contribution in [0.3, 0.4) is 0 Å². The van der Waals surface area contributed by atoms with Crippen LogP contribution in [-0.2, 0) is 11.3 Å². The lowest BCUT2D eigenvalue weighted by Crippen LogP contribution is -2.35. The van der Waals surface area contributed by atoms with Crippen LogP contribution in [0.25, 0.3) is 0 Å². The normalized spacial score (nSPS) is 15.2. The van der Waals surface area contributed by atoms with E-state index in [0.29, 0.717) is 5.56 Å². The molecule has 4 nitrogen and oxygen atoms in total. The minimum absolute atomic E-state index is 0.350. The molecular weight excluding hydrogens is 314 g/mol. The summed E-state index contributed by atoms with van der Waals surface area (Å²) >= 11 is 0. The first-order valence-corrected chi connectivity index (χ1v) is 7.78. The SMILES string of the molecule is O=C(Nc1c(F)cccc1F)c1ccc(CN2CCOCC2)cc1. The Balaban J connectivity index is 1.65. The van der Waals surface area contributed by atoms with Gasteiger partial charge < -0.3 is 10.1 Å². The van der Waals surface area contributed by atoms with Gasteiger partial charge in [-0.15, -0.1) is 0 Å². The maximum Gasteiger partial charge on any atom is 0.255 e. The number of hydrogen-bond acceptors (Lipinski definition) is 3. The smallest absolute Gasteiger partial charge is 0.255 e. The number of anilines is 1. The highest BCUT2D eigenvalue weighted by Gasteiger charge is 2.14. The van der Waals surface area contributed by atoms with Gasteiger partial charge in [0.2, 0.25) is 0 Å². The van der Waals surface area contributed by atoms with Crippen molar-refractivity contribution >= 4 is 11.6 Å². The van der Waals surface area contributed by atoms with E-state index in [0.717, 1.165) is 50.5 Å². The summed E-state index contributed by atoms with van der Waals surface area (Å²) in [5.41, 5.74) is 0.994. The average molecular weight is 332 g/mol. The van der Waals surface area contributed by atoms with Crippen molar-refractivity contribution in [3.63, 3.8) is 0 Å². The third-order valence-corrected chi connectivity index (χ3v) is 3.93. The standard InChI is InChI=1S/C18H18F2N2O2/c19-15-2-1-3-16(20)17(15)21-18(23)14-6-4-13(5-7-14)12-22-8-10-24-11-9-22/h1-7H,8-12H2,(H,21,23). The average Bonchev–Trinajstić information content (AvgIpc) is 2.60. The number of nitrogens with one attached hydrogen (secondary N) is 1. The number of hydrogen-bond donors (Lipinski definition) is 1. The van der Waals surface area contributed by atoms with E-state index in [9.17, 15) is 13.6 Å². The minimum atomic E-state index is -0.799. The highest BCUT2D eigenvalue weighted by molar-refractivity contribution is 6.04. The molecule has 1 amide bonds. The van der Waals surface area contributed by atoms with Crippen LogP contribution in [0, 0.1) is 11.6 Å². The van der Waals surface area contributed by atoms with Crippen molar-refractivity contribution < 1.29 is 18.3 Å². The van der Waals surface area contributed by atoms with Gasteiger partial charge in [-0.05, 0) is 29.8 Å². The van der Waals surface area contributed by atoms with Crippen LogP contribution in [0.1, 0.15) is 15.9 Å². The molecule has 1 saturated heterocycles. The molecular formula is C18H18F2N2O2. The summed E-state index contributed by atoms with van der Waals surface area (Å²) < 4.78 is 32.5. The Kier molecular flexibility index (Phi) is 5.17. The molecule has 1 fully saturated rings.